The van der Waals surface area contributed by atoms with E-state index in [1.165, 1.54) is 24.6 Å². The average Bonchev–Trinajstić information content (AvgIpc) is 3.34. The first kappa shape index (κ1) is 23.5. The van der Waals surface area contributed by atoms with E-state index in [0.717, 1.165) is 28.9 Å². The smallest absolute Gasteiger partial charge is 0.253 e. The largest absolute Gasteiger partial charge is 0.389 e. The third-order valence-corrected chi connectivity index (χ3v) is 8.19. The second-order valence-electron chi connectivity index (χ2n) is 10.2. The van der Waals surface area contributed by atoms with Crippen LogP contribution in [0.3, 0.4) is 0 Å². The van der Waals surface area contributed by atoms with Gasteiger partial charge in [-0.3, -0.25) is 4.79 Å². The van der Waals surface area contributed by atoms with Gasteiger partial charge in [0.05, 0.1) is 23.2 Å². The molecule has 7 heteroatoms. The van der Waals surface area contributed by atoms with Gasteiger partial charge in [-0.1, -0.05) is 36.8 Å². The maximum Gasteiger partial charge on any atom is 0.253 e. The third kappa shape index (κ3) is 3.70. The van der Waals surface area contributed by atoms with Crippen molar-refractivity contribution in [2.75, 3.05) is 0 Å². The van der Waals surface area contributed by atoms with E-state index < -0.39 is 22.5 Å². The molecule has 0 radical (unpaired) electrons. The predicted molar refractivity (Wildman–Crippen MR) is 131 cm³/mol. The van der Waals surface area contributed by atoms with Crippen molar-refractivity contribution in [2.45, 2.75) is 57.2 Å². The highest BCUT2D eigenvalue weighted by Crippen LogP contribution is 2.57. The summed E-state index contributed by atoms with van der Waals surface area (Å²) in [6.07, 6.45) is 6.97. The standard InChI is InChI=1S/C28H30FN3O3/c1-26-16-19-17-31-32(22-9-7-21(29)8-10-22)24(19)15-20(26)12-14-28(26,35)13-11-18-5-3-4-6-23(18)27(2,34)25(30)33/h3-10,15,17,34-35H,11-14,16H2,1-2H3,(H2,30,33)/t26?,27-,28?/m0/s1. The first-order chi connectivity index (χ1) is 16.5. The van der Waals surface area contributed by atoms with E-state index in [9.17, 15) is 19.4 Å². The number of nitrogens with two attached hydrogens (primary N) is 1. The summed E-state index contributed by atoms with van der Waals surface area (Å²) >= 11 is 0. The minimum absolute atomic E-state index is 0.291. The molecule has 1 amide bonds. The molecule has 5 rings (SSSR count). The summed E-state index contributed by atoms with van der Waals surface area (Å²) in [5.74, 6) is -1.10. The Bertz CT molecular complexity index is 1330. The molecule has 1 fully saturated rings. The van der Waals surface area contributed by atoms with Gasteiger partial charge in [0.25, 0.3) is 5.91 Å². The Morgan fingerprint density at radius 1 is 1.23 bits per heavy atom. The molecule has 0 saturated heterocycles. The van der Waals surface area contributed by atoms with Crippen molar-refractivity contribution in [3.63, 3.8) is 0 Å². The van der Waals surface area contributed by atoms with Crippen LogP contribution in [-0.2, 0) is 23.2 Å². The molecule has 3 atom stereocenters. The monoisotopic (exact) mass is 475 g/mol. The van der Waals surface area contributed by atoms with E-state index in [4.69, 9.17) is 5.73 Å². The minimum atomic E-state index is -1.78. The molecular formula is C28H30FN3O3. The number of aryl methyl sites for hydroxylation is 1. The summed E-state index contributed by atoms with van der Waals surface area (Å²) in [5, 5.41) is 27.2. The highest BCUT2D eigenvalue weighted by Gasteiger charge is 2.54. The Morgan fingerprint density at radius 2 is 1.94 bits per heavy atom. The third-order valence-electron chi connectivity index (χ3n) is 8.19. The molecular weight excluding hydrogens is 445 g/mol. The molecule has 1 heterocycles. The molecule has 4 N–H and O–H groups in total. The Hall–Kier alpha value is -3.29. The SMILES string of the molecule is CC12Cc3cnn(-c4ccc(F)cc4)c3C=C1CCC2(O)CCc1ccccc1[C@](C)(O)C(N)=O. The Morgan fingerprint density at radius 3 is 2.66 bits per heavy atom. The second-order valence-corrected chi connectivity index (χ2v) is 10.2. The van der Waals surface area contributed by atoms with Crippen molar-refractivity contribution in [2.24, 2.45) is 11.1 Å². The number of carbonyl (C=O) groups excluding carboxylic acids is 1. The van der Waals surface area contributed by atoms with Crippen molar-refractivity contribution >= 4 is 12.0 Å². The number of fused-ring (bicyclic) bond motifs is 2. The summed E-state index contributed by atoms with van der Waals surface area (Å²) in [5.41, 5.74) is 7.50. The summed E-state index contributed by atoms with van der Waals surface area (Å²) in [6.45, 7) is 3.51. The molecule has 182 valence electrons. The highest BCUT2D eigenvalue weighted by molar-refractivity contribution is 5.84. The lowest BCUT2D eigenvalue weighted by Gasteiger charge is -2.42. The maximum atomic E-state index is 13.4. The van der Waals surface area contributed by atoms with Crippen molar-refractivity contribution < 1.29 is 19.4 Å². The lowest BCUT2D eigenvalue weighted by molar-refractivity contribution is -0.135. The molecule has 0 aliphatic heterocycles. The van der Waals surface area contributed by atoms with Gasteiger partial charge >= 0.3 is 0 Å². The van der Waals surface area contributed by atoms with Crippen LogP contribution in [0.5, 0.6) is 0 Å². The zero-order valence-corrected chi connectivity index (χ0v) is 20.0. The van der Waals surface area contributed by atoms with Crippen LogP contribution in [0.4, 0.5) is 4.39 Å². The van der Waals surface area contributed by atoms with E-state index in [-0.39, 0.29) is 5.82 Å². The highest BCUT2D eigenvalue weighted by atomic mass is 19.1. The number of nitrogens with zero attached hydrogens (tertiary/aromatic N) is 2. The van der Waals surface area contributed by atoms with Gasteiger partial charge in [-0.15, -0.1) is 0 Å². The minimum Gasteiger partial charge on any atom is -0.389 e. The number of carbonyl (C=O) groups is 1. The molecule has 0 bridgehead atoms. The zero-order valence-electron chi connectivity index (χ0n) is 20.0. The molecule has 0 spiro atoms. The number of aromatic nitrogens is 2. The van der Waals surface area contributed by atoms with Crippen LogP contribution in [0.15, 0.2) is 60.3 Å². The van der Waals surface area contributed by atoms with E-state index in [2.05, 4.69) is 18.1 Å². The zero-order chi connectivity index (χ0) is 25.0. The van der Waals surface area contributed by atoms with Crippen LogP contribution >= 0.6 is 0 Å². The van der Waals surface area contributed by atoms with Gasteiger partial charge in [0.15, 0.2) is 5.60 Å². The van der Waals surface area contributed by atoms with Gasteiger partial charge in [0.1, 0.15) is 5.82 Å². The Kier molecular flexibility index (Phi) is 5.45. The van der Waals surface area contributed by atoms with Crippen molar-refractivity contribution in [1.82, 2.24) is 9.78 Å². The van der Waals surface area contributed by atoms with E-state index in [1.54, 1.807) is 24.3 Å². The van der Waals surface area contributed by atoms with Crippen molar-refractivity contribution in [1.29, 1.82) is 0 Å². The van der Waals surface area contributed by atoms with Gasteiger partial charge in [-0.2, -0.15) is 5.10 Å². The molecule has 2 aromatic carbocycles. The van der Waals surface area contributed by atoms with E-state index in [0.29, 0.717) is 31.2 Å². The number of rotatable bonds is 6. The average molecular weight is 476 g/mol. The topological polar surface area (TPSA) is 101 Å². The number of halogens is 1. The Labute approximate surface area is 203 Å². The summed E-state index contributed by atoms with van der Waals surface area (Å²) in [4.78, 5) is 11.9. The lowest BCUT2D eigenvalue weighted by Crippen LogP contribution is -2.45. The van der Waals surface area contributed by atoms with Crippen LogP contribution < -0.4 is 5.73 Å². The lowest BCUT2D eigenvalue weighted by atomic mass is 9.65. The normalized spacial score (nSPS) is 24.9. The molecule has 1 aromatic heterocycles. The quantitative estimate of drug-likeness (QED) is 0.505. The second kappa shape index (κ2) is 8.14. The van der Waals surface area contributed by atoms with Crippen molar-refractivity contribution in [3.05, 3.63) is 88.5 Å². The molecule has 2 unspecified atom stereocenters. The van der Waals surface area contributed by atoms with E-state index >= 15 is 0 Å². The number of hydrogen-bond acceptors (Lipinski definition) is 4. The van der Waals surface area contributed by atoms with Gasteiger partial charge in [0, 0.05) is 5.41 Å². The van der Waals surface area contributed by atoms with E-state index in [1.807, 2.05) is 23.0 Å². The van der Waals surface area contributed by atoms with Crippen LogP contribution in [0.2, 0.25) is 0 Å². The number of primary amides is 1. The fraction of sp³-hybridized carbons (Fsp3) is 0.357. The first-order valence-corrected chi connectivity index (χ1v) is 11.9. The fourth-order valence-corrected chi connectivity index (χ4v) is 5.81. The molecule has 35 heavy (non-hydrogen) atoms. The fourth-order valence-electron chi connectivity index (χ4n) is 5.81. The summed E-state index contributed by atoms with van der Waals surface area (Å²) in [6, 6.07) is 13.5. The first-order valence-electron chi connectivity index (χ1n) is 11.9. The number of amides is 1. The van der Waals surface area contributed by atoms with Crippen LogP contribution in [0.1, 0.15) is 55.5 Å². The van der Waals surface area contributed by atoms with Gasteiger partial charge < -0.3 is 15.9 Å². The van der Waals surface area contributed by atoms with Crippen LogP contribution in [-0.4, -0.2) is 31.5 Å². The van der Waals surface area contributed by atoms with Gasteiger partial charge in [-0.05, 0) is 86.1 Å². The predicted octanol–water partition coefficient (Wildman–Crippen LogP) is 3.81. The number of benzene rings is 2. The number of aliphatic hydroxyl groups is 2. The summed E-state index contributed by atoms with van der Waals surface area (Å²) < 4.78 is 15.2. The Balaban J connectivity index is 1.43. The van der Waals surface area contributed by atoms with Gasteiger partial charge in [0.2, 0.25) is 0 Å². The molecule has 2 aliphatic carbocycles. The van der Waals surface area contributed by atoms with Gasteiger partial charge in [-0.25, -0.2) is 9.07 Å². The molecule has 2 aliphatic rings. The molecule has 3 aromatic rings. The molecule has 6 nitrogen and oxygen atoms in total. The molecule has 1 saturated carbocycles. The number of hydrogen-bond donors (Lipinski definition) is 3. The summed E-state index contributed by atoms with van der Waals surface area (Å²) in [7, 11) is 0. The van der Waals surface area contributed by atoms with Crippen LogP contribution in [0.25, 0.3) is 11.8 Å². The van der Waals surface area contributed by atoms with Crippen molar-refractivity contribution in [3.8, 4) is 5.69 Å². The maximum absolute atomic E-state index is 13.4. The van der Waals surface area contributed by atoms with Crippen LogP contribution in [0, 0.1) is 11.2 Å².